The monoisotopic (exact) mass is 311 g/mol. The van der Waals surface area contributed by atoms with Crippen molar-refractivity contribution in [2.24, 2.45) is 0 Å². The smallest absolute Gasteiger partial charge is 0.239 e. The average molecular weight is 311 g/mol. The molecule has 1 aliphatic carbocycles. The van der Waals surface area contributed by atoms with E-state index in [0.717, 1.165) is 19.3 Å². The normalized spacial score (nSPS) is 26.9. The van der Waals surface area contributed by atoms with E-state index in [1.165, 1.54) is 25.7 Å². The first-order valence-electron chi connectivity index (χ1n) is 8.25. The van der Waals surface area contributed by atoms with Crippen molar-refractivity contribution in [1.29, 1.82) is 0 Å². The van der Waals surface area contributed by atoms with Gasteiger partial charge in [-0.25, -0.2) is 0 Å². The van der Waals surface area contributed by atoms with Crippen LogP contribution in [-0.4, -0.2) is 40.1 Å². The van der Waals surface area contributed by atoms with Crippen LogP contribution in [0.25, 0.3) is 0 Å². The minimum absolute atomic E-state index is 0.0186. The Hall–Kier alpha value is -0.840. The summed E-state index contributed by atoms with van der Waals surface area (Å²) >= 11 is 5.43. The van der Waals surface area contributed by atoms with Crippen molar-refractivity contribution in [2.75, 3.05) is 6.54 Å². The van der Waals surface area contributed by atoms with Gasteiger partial charge in [-0.1, -0.05) is 25.7 Å². The summed E-state index contributed by atoms with van der Waals surface area (Å²) in [6.45, 7) is 6.82. The second-order valence-electron chi connectivity index (χ2n) is 7.25. The maximum absolute atomic E-state index is 12.3. The van der Waals surface area contributed by atoms with Gasteiger partial charge in [0.2, 0.25) is 5.91 Å². The lowest BCUT2D eigenvalue weighted by Crippen LogP contribution is -2.62. The number of amides is 1. The molecular weight excluding hydrogens is 282 g/mol. The van der Waals surface area contributed by atoms with Gasteiger partial charge in [-0.3, -0.25) is 4.79 Å². The molecule has 1 atom stereocenters. The minimum Gasteiger partial charge on any atom is -0.358 e. The van der Waals surface area contributed by atoms with Gasteiger partial charge < -0.3 is 15.5 Å². The molecule has 0 radical (unpaired) electrons. The van der Waals surface area contributed by atoms with Crippen LogP contribution in [0.2, 0.25) is 0 Å². The van der Waals surface area contributed by atoms with E-state index < -0.39 is 0 Å². The van der Waals surface area contributed by atoms with E-state index in [2.05, 4.69) is 31.4 Å². The number of carbonyl (C=O) groups is 1. The topological polar surface area (TPSA) is 44.4 Å². The maximum Gasteiger partial charge on any atom is 0.239 e. The fraction of sp³-hybridized carbons (Fsp3) is 0.875. The van der Waals surface area contributed by atoms with Crippen LogP contribution in [0.5, 0.6) is 0 Å². The summed E-state index contributed by atoms with van der Waals surface area (Å²) in [5.74, 6) is 0.109. The molecule has 1 unspecified atom stereocenters. The van der Waals surface area contributed by atoms with Crippen molar-refractivity contribution in [3.63, 3.8) is 0 Å². The van der Waals surface area contributed by atoms with Gasteiger partial charge in [0.05, 0.1) is 6.54 Å². The third kappa shape index (κ3) is 4.83. The third-order valence-corrected chi connectivity index (χ3v) is 4.91. The maximum atomic E-state index is 12.3. The number of nitrogens with zero attached hydrogens (tertiary/aromatic N) is 1. The first-order chi connectivity index (χ1) is 9.87. The highest BCUT2D eigenvalue weighted by Gasteiger charge is 2.34. The van der Waals surface area contributed by atoms with Crippen LogP contribution < -0.4 is 10.6 Å². The predicted octanol–water partition coefficient (Wildman–Crippen LogP) is 2.57. The molecule has 1 heterocycles. The Morgan fingerprint density at radius 1 is 1.33 bits per heavy atom. The van der Waals surface area contributed by atoms with Crippen molar-refractivity contribution in [1.82, 2.24) is 15.5 Å². The van der Waals surface area contributed by atoms with E-state index in [1.54, 1.807) is 0 Å². The summed E-state index contributed by atoms with van der Waals surface area (Å²) in [5.41, 5.74) is 0.0186. The fourth-order valence-electron chi connectivity index (χ4n) is 3.54. The molecule has 0 aromatic rings. The molecule has 0 spiro atoms. The Bertz CT molecular complexity index is 389. The number of nitrogens with one attached hydrogen (secondary N) is 2. The first-order valence-corrected chi connectivity index (χ1v) is 8.66. The zero-order chi connectivity index (χ0) is 15.5. The highest BCUT2D eigenvalue weighted by atomic mass is 32.1. The number of thiocarbonyl (C=S) groups is 1. The summed E-state index contributed by atoms with van der Waals surface area (Å²) in [4.78, 5) is 14.3. The largest absolute Gasteiger partial charge is 0.358 e. The van der Waals surface area contributed by atoms with Crippen LogP contribution in [0.4, 0.5) is 0 Å². The number of hydrogen-bond acceptors (Lipinski definition) is 2. The van der Waals surface area contributed by atoms with Crippen LogP contribution in [0.15, 0.2) is 0 Å². The summed E-state index contributed by atoms with van der Waals surface area (Å²) < 4.78 is 0. The molecule has 5 heteroatoms. The van der Waals surface area contributed by atoms with Gasteiger partial charge in [-0.05, 0) is 52.3 Å². The van der Waals surface area contributed by atoms with Crippen molar-refractivity contribution in [3.8, 4) is 0 Å². The van der Waals surface area contributed by atoms with E-state index in [0.29, 0.717) is 23.7 Å². The number of rotatable bonds is 3. The predicted molar refractivity (Wildman–Crippen MR) is 90.2 cm³/mol. The van der Waals surface area contributed by atoms with Crippen LogP contribution in [0.3, 0.4) is 0 Å². The number of carbonyl (C=O) groups excluding carboxylic acids is 1. The molecule has 0 aromatic carbocycles. The lowest BCUT2D eigenvalue weighted by atomic mass is 9.93. The molecule has 21 heavy (non-hydrogen) atoms. The average Bonchev–Trinajstić information content (AvgIpc) is 2.61. The van der Waals surface area contributed by atoms with E-state index in [-0.39, 0.29) is 11.4 Å². The Morgan fingerprint density at radius 2 is 1.95 bits per heavy atom. The van der Waals surface area contributed by atoms with Crippen molar-refractivity contribution in [2.45, 2.75) is 83.3 Å². The van der Waals surface area contributed by atoms with E-state index in [1.807, 2.05) is 4.90 Å². The van der Waals surface area contributed by atoms with E-state index >= 15 is 0 Å². The van der Waals surface area contributed by atoms with Gasteiger partial charge in [0.15, 0.2) is 5.11 Å². The molecule has 2 aliphatic rings. The lowest BCUT2D eigenvalue weighted by molar-refractivity contribution is -0.122. The van der Waals surface area contributed by atoms with Crippen LogP contribution in [0, 0.1) is 0 Å². The standard InChI is InChI=1S/C16H29N3OS/c1-12-10-16(2,3)18-15(21)19(12)11-14(20)17-13-8-6-4-5-7-9-13/h12-13H,4-11H2,1-3H3,(H,17,20)(H,18,21). The van der Waals surface area contributed by atoms with Gasteiger partial charge in [0, 0.05) is 17.6 Å². The second-order valence-corrected chi connectivity index (χ2v) is 7.64. The molecule has 2 N–H and O–H groups in total. The molecule has 2 fully saturated rings. The molecule has 1 saturated carbocycles. The Balaban J connectivity index is 1.85. The van der Waals surface area contributed by atoms with Gasteiger partial charge in [0.25, 0.3) is 0 Å². The lowest BCUT2D eigenvalue weighted by Gasteiger charge is -2.44. The fourth-order valence-corrected chi connectivity index (χ4v) is 4.06. The molecule has 1 saturated heterocycles. The minimum atomic E-state index is 0.0186. The van der Waals surface area contributed by atoms with Gasteiger partial charge >= 0.3 is 0 Å². The van der Waals surface area contributed by atoms with Crippen molar-refractivity contribution in [3.05, 3.63) is 0 Å². The van der Waals surface area contributed by atoms with Crippen LogP contribution in [-0.2, 0) is 4.79 Å². The Morgan fingerprint density at radius 3 is 2.52 bits per heavy atom. The van der Waals surface area contributed by atoms with E-state index in [9.17, 15) is 4.79 Å². The summed E-state index contributed by atoms with van der Waals surface area (Å²) in [6.07, 6.45) is 8.31. The number of hydrogen-bond donors (Lipinski definition) is 2. The molecule has 2 rings (SSSR count). The molecule has 1 amide bonds. The highest BCUT2D eigenvalue weighted by molar-refractivity contribution is 7.80. The zero-order valence-electron chi connectivity index (χ0n) is 13.6. The molecule has 0 aromatic heterocycles. The molecule has 120 valence electrons. The first kappa shape index (κ1) is 16.5. The van der Waals surface area contributed by atoms with Crippen molar-refractivity contribution >= 4 is 23.2 Å². The highest BCUT2D eigenvalue weighted by Crippen LogP contribution is 2.22. The summed E-state index contributed by atoms with van der Waals surface area (Å²) in [5, 5.41) is 7.24. The Labute approximate surface area is 134 Å². The summed E-state index contributed by atoms with van der Waals surface area (Å²) in [6, 6.07) is 0.659. The summed E-state index contributed by atoms with van der Waals surface area (Å²) in [7, 11) is 0. The van der Waals surface area contributed by atoms with Gasteiger partial charge in [-0.2, -0.15) is 0 Å². The quantitative estimate of drug-likeness (QED) is 0.621. The van der Waals surface area contributed by atoms with E-state index in [4.69, 9.17) is 12.2 Å². The molecule has 4 nitrogen and oxygen atoms in total. The Kier molecular flexibility index (Phi) is 5.47. The van der Waals surface area contributed by atoms with Crippen LogP contribution >= 0.6 is 12.2 Å². The van der Waals surface area contributed by atoms with Crippen molar-refractivity contribution < 1.29 is 4.79 Å². The van der Waals surface area contributed by atoms with Gasteiger partial charge in [0.1, 0.15) is 0 Å². The molecule has 0 bridgehead atoms. The second kappa shape index (κ2) is 6.95. The third-order valence-electron chi connectivity index (χ3n) is 4.58. The van der Waals surface area contributed by atoms with Gasteiger partial charge in [-0.15, -0.1) is 0 Å². The SMILES string of the molecule is CC1CC(C)(C)NC(=S)N1CC(=O)NC1CCCCCC1. The molecule has 1 aliphatic heterocycles. The van der Waals surface area contributed by atoms with Crippen LogP contribution in [0.1, 0.15) is 65.7 Å². The zero-order valence-corrected chi connectivity index (χ0v) is 14.4. The molecular formula is C16H29N3OS.